The Bertz CT molecular complexity index is 716. The molecule has 1 aromatic carbocycles. The SMILES string of the molecule is O=C(NCCOCC(F)(F)F)c1cccc(S(=O)(=O)NC2CCCC2)c1. The van der Waals surface area contributed by atoms with E-state index in [0.717, 1.165) is 25.7 Å². The number of ether oxygens (including phenoxy) is 1. The minimum Gasteiger partial charge on any atom is -0.370 e. The maximum Gasteiger partial charge on any atom is 0.411 e. The number of nitrogens with one attached hydrogen (secondary N) is 2. The maximum atomic E-state index is 12.4. The van der Waals surface area contributed by atoms with E-state index in [1.807, 2.05) is 0 Å². The van der Waals surface area contributed by atoms with Crippen LogP contribution in [0.1, 0.15) is 36.0 Å². The third kappa shape index (κ3) is 6.58. The number of hydrogen-bond acceptors (Lipinski definition) is 4. The third-order valence-corrected chi connectivity index (χ3v) is 5.40. The molecule has 1 fully saturated rings. The normalized spacial score (nSPS) is 16.0. The van der Waals surface area contributed by atoms with Gasteiger partial charge in [0.05, 0.1) is 11.5 Å². The van der Waals surface area contributed by atoms with Crippen molar-refractivity contribution in [3.8, 4) is 0 Å². The number of amides is 1. The predicted molar refractivity (Wildman–Crippen MR) is 88.2 cm³/mol. The smallest absolute Gasteiger partial charge is 0.370 e. The summed E-state index contributed by atoms with van der Waals surface area (Å²) in [5, 5.41) is 2.39. The molecule has 0 atom stereocenters. The first-order chi connectivity index (χ1) is 12.2. The third-order valence-electron chi connectivity index (χ3n) is 3.88. The van der Waals surface area contributed by atoms with E-state index in [4.69, 9.17) is 0 Å². The lowest BCUT2D eigenvalue weighted by Crippen LogP contribution is -2.33. The molecule has 0 bridgehead atoms. The van der Waals surface area contributed by atoms with E-state index in [1.54, 1.807) is 0 Å². The molecule has 2 N–H and O–H groups in total. The Labute approximate surface area is 150 Å². The first-order valence-electron chi connectivity index (χ1n) is 8.22. The van der Waals surface area contributed by atoms with Crippen molar-refractivity contribution < 1.29 is 31.1 Å². The van der Waals surface area contributed by atoms with Crippen LogP contribution in [-0.4, -0.2) is 46.3 Å². The second kappa shape index (κ2) is 8.83. The largest absolute Gasteiger partial charge is 0.411 e. The number of alkyl halides is 3. The molecule has 1 amide bonds. The molecule has 0 aliphatic heterocycles. The molecular weight excluding hydrogens is 373 g/mol. The molecule has 1 aliphatic carbocycles. The molecule has 2 rings (SSSR count). The molecule has 0 heterocycles. The van der Waals surface area contributed by atoms with Crippen LogP contribution in [-0.2, 0) is 14.8 Å². The van der Waals surface area contributed by atoms with Crippen LogP contribution in [0.5, 0.6) is 0 Å². The molecule has 146 valence electrons. The minimum atomic E-state index is -4.42. The first-order valence-corrected chi connectivity index (χ1v) is 9.71. The Hall–Kier alpha value is -1.65. The fourth-order valence-electron chi connectivity index (χ4n) is 2.66. The van der Waals surface area contributed by atoms with Gasteiger partial charge in [0.1, 0.15) is 6.61 Å². The zero-order chi connectivity index (χ0) is 19.2. The first kappa shape index (κ1) is 20.7. The standard InChI is InChI=1S/C16H21F3N2O4S/c17-16(18,19)11-25-9-8-20-15(22)12-4-3-7-14(10-12)26(23,24)21-13-5-1-2-6-13/h3-4,7,10,13,21H,1-2,5-6,8-9,11H2,(H,20,22). The Morgan fingerprint density at radius 2 is 1.92 bits per heavy atom. The van der Waals surface area contributed by atoms with E-state index >= 15 is 0 Å². The van der Waals surface area contributed by atoms with Gasteiger partial charge in [-0.3, -0.25) is 4.79 Å². The highest BCUT2D eigenvalue weighted by molar-refractivity contribution is 7.89. The van der Waals surface area contributed by atoms with Crippen molar-refractivity contribution in [3.63, 3.8) is 0 Å². The maximum absolute atomic E-state index is 12.4. The van der Waals surface area contributed by atoms with E-state index < -0.39 is 28.7 Å². The summed E-state index contributed by atoms with van der Waals surface area (Å²) in [6.45, 7) is -1.80. The van der Waals surface area contributed by atoms with Crippen molar-refractivity contribution in [1.82, 2.24) is 10.0 Å². The van der Waals surface area contributed by atoms with Crippen molar-refractivity contribution >= 4 is 15.9 Å². The average Bonchev–Trinajstić information content (AvgIpc) is 3.05. The lowest BCUT2D eigenvalue weighted by molar-refractivity contribution is -0.173. The molecule has 10 heteroatoms. The van der Waals surface area contributed by atoms with Crippen LogP contribution in [0.4, 0.5) is 13.2 Å². The molecule has 0 spiro atoms. The number of carbonyl (C=O) groups is 1. The van der Waals surface area contributed by atoms with Crippen molar-refractivity contribution in [2.75, 3.05) is 19.8 Å². The molecular formula is C16H21F3N2O4S. The van der Waals surface area contributed by atoms with E-state index in [9.17, 15) is 26.4 Å². The van der Waals surface area contributed by atoms with Crippen molar-refractivity contribution in [2.45, 2.75) is 42.8 Å². The highest BCUT2D eigenvalue weighted by Crippen LogP contribution is 2.21. The van der Waals surface area contributed by atoms with E-state index in [1.165, 1.54) is 24.3 Å². The van der Waals surface area contributed by atoms with Gasteiger partial charge < -0.3 is 10.1 Å². The van der Waals surface area contributed by atoms with Gasteiger partial charge in [-0.05, 0) is 31.0 Å². The number of benzene rings is 1. The van der Waals surface area contributed by atoms with Gasteiger partial charge >= 0.3 is 6.18 Å². The molecule has 6 nitrogen and oxygen atoms in total. The summed E-state index contributed by atoms with van der Waals surface area (Å²) >= 11 is 0. The molecule has 1 saturated carbocycles. The number of rotatable bonds is 8. The molecule has 0 saturated heterocycles. The fourth-order valence-corrected chi connectivity index (χ4v) is 4.01. The van der Waals surface area contributed by atoms with E-state index in [-0.39, 0.29) is 29.7 Å². The Kier molecular flexibility index (Phi) is 7.01. The van der Waals surface area contributed by atoms with Gasteiger partial charge in [-0.2, -0.15) is 13.2 Å². The van der Waals surface area contributed by atoms with Gasteiger partial charge in [-0.15, -0.1) is 0 Å². The summed E-state index contributed by atoms with van der Waals surface area (Å²) in [7, 11) is -3.72. The predicted octanol–water partition coefficient (Wildman–Crippen LogP) is 2.22. The van der Waals surface area contributed by atoms with Crippen molar-refractivity contribution in [2.24, 2.45) is 0 Å². The van der Waals surface area contributed by atoms with Crippen LogP contribution in [0.15, 0.2) is 29.2 Å². The van der Waals surface area contributed by atoms with Crippen molar-refractivity contribution in [3.05, 3.63) is 29.8 Å². The molecule has 0 unspecified atom stereocenters. The van der Waals surface area contributed by atoms with Crippen LogP contribution >= 0.6 is 0 Å². The lowest BCUT2D eigenvalue weighted by Gasteiger charge is -2.13. The van der Waals surface area contributed by atoms with Gasteiger partial charge in [-0.1, -0.05) is 18.9 Å². The van der Waals surface area contributed by atoms with Crippen LogP contribution in [0.3, 0.4) is 0 Å². The topological polar surface area (TPSA) is 84.5 Å². The Morgan fingerprint density at radius 3 is 2.58 bits per heavy atom. The van der Waals surface area contributed by atoms with Gasteiger partial charge in [-0.25, -0.2) is 13.1 Å². The molecule has 26 heavy (non-hydrogen) atoms. The van der Waals surface area contributed by atoms with Crippen LogP contribution in [0.25, 0.3) is 0 Å². The van der Waals surface area contributed by atoms with E-state index in [0.29, 0.717) is 0 Å². The zero-order valence-corrected chi connectivity index (χ0v) is 14.8. The number of carbonyl (C=O) groups excluding carboxylic acids is 1. The second-order valence-electron chi connectivity index (χ2n) is 6.05. The van der Waals surface area contributed by atoms with Gasteiger partial charge in [0, 0.05) is 18.2 Å². The molecule has 1 aromatic rings. The van der Waals surface area contributed by atoms with E-state index in [2.05, 4.69) is 14.8 Å². The molecule has 0 radical (unpaired) electrons. The number of halogens is 3. The second-order valence-corrected chi connectivity index (χ2v) is 7.77. The number of sulfonamides is 1. The lowest BCUT2D eigenvalue weighted by atomic mass is 10.2. The monoisotopic (exact) mass is 394 g/mol. The summed E-state index contributed by atoms with van der Waals surface area (Å²) in [6.07, 6.45) is -0.883. The fraction of sp³-hybridized carbons (Fsp3) is 0.562. The van der Waals surface area contributed by atoms with Crippen LogP contribution < -0.4 is 10.0 Å². The summed E-state index contributed by atoms with van der Waals surface area (Å²) in [4.78, 5) is 12.0. The average molecular weight is 394 g/mol. The molecule has 1 aliphatic rings. The summed E-state index contributed by atoms with van der Waals surface area (Å²) in [5.41, 5.74) is 0.107. The van der Waals surface area contributed by atoms with Crippen LogP contribution in [0.2, 0.25) is 0 Å². The summed E-state index contributed by atoms with van der Waals surface area (Å²) in [6, 6.07) is 5.41. The van der Waals surface area contributed by atoms with Crippen molar-refractivity contribution in [1.29, 1.82) is 0 Å². The Balaban J connectivity index is 1.90. The highest BCUT2D eigenvalue weighted by Gasteiger charge is 2.27. The number of hydrogen-bond donors (Lipinski definition) is 2. The highest BCUT2D eigenvalue weighted by atomic mass is 32.2. The quantitative estimate of drug-likeness (QED) is 0.662. The van der Waals surface area contributed by atoms with Gasteiger partial charge in [0.2, 0.25) is 10.0 Å². The van der Waals surface area contributed by atoms with Crippen LogP contribution in [0, 0.1) is 0 Å². The van der Waals surface area contributed by atoms with Gasteiger partial charge in [0.25, 0.3) is 5.91 Å². The minimum absolute atomic E-state index is 0.0228. The Morgan fingerprint density at radius 1 is 1.23 bits per heavy atom. The zero-order valence-electron chi connectivity index (χ0n) is 14.0. The van der Waals surface area contributed by atoms with Gasteiger partial charge in [0.15, 0.2) is 0 Å². The summed E-state index contributed by atoms with van der Waals surface area (Å²) < 4.78 is 67.6. The molecule has 0 aromatic heterocycles. The summed E-state index contributed by atoms with van der Waals surface area (Å²) in [5.74, 6) is -0.585.